The fourth-order valence-electron chi connectivity index (χ4n) is 2.15. The Hall–Kier alpha value is -3.56. The molecule has 7 nitrogen and oxygen atoms in total. The first-order valence-electron chi connectivity index (χ1n) is 7.63. The molecular weight excluding hydrogens is 365 g/mol. The van der Waals surface area contributed by atoms with Crippen molar-refractivity contribution < 1.29 is 27.2 Å². The number of rotatable bonds is 4. The van der Waals surface area contributed by atoms with Gasteiger partial charge in [-0.05, 0) is 48.5 Å². The van der Waals surface area contributed by atoms with Gasteiger partial charge in [-0.15, -0.1) is 13.2 Å². The molecule has 1 aromatic heterocycles. The van der Waals surface area contributed by atoms with E-state index in [-0.39, 0.29) is 5.75 Å². The van der Waals surface area contributed by atoms with E-state index in [0.717, 1.165) is 17.7 Å². The Labute approximate surface area is 151 Å². The smallest absolute Gasteiger partial charge is 0.406 e. The van der Waals surface area contributed by atoms with E-state index in [9.17, 15) is 18.0 Å². The fourth-order valence-corrected chi connectivity index (χ4v) is 2.15. The average molecular weight is 378 g/mol. The van der Waals surface area contributed by atoms with Crippen LogP contribution in [0.25, 0.3) is 11.4 Å². The Balaban J connectivity index is 1.57. The monoisotopic (exact) mass is 378 g/mol. The first kappa shape index (κ1) is 18.2. The van der Waals surface area contributed by atoms with Crippen LogP contribution >= 0.6 is 0 Å². The molecule has 0 atom stereocenters. The highest BCUT2D eigenvalue weighted by Gasteiger charge is 2.30. The first-order valence-corrected chi connectivity index (χ1v) is 7.63. The van der Waals surface area contributed by atoms with E-state index in [4.69, 9.17) is 4.52 Å². The SMILES string of the molecule is Cc1nc(-c2ccc(NC(=O)Nc3ccc(OC(F)(F)F)cc3)cc2)no1. The van der Waals surface area contributed by atoms with E-state index in [0.29, 0.717) is 23.1 Å². The molecule has 10 heteroatoms. The number of hydrogen-bond acceptors (Lipinski definition) is 5. The van der Waals surface area contributed by atoms with Gasteiger partial charge in [-0.3, -0.25) is 0 Å². The second-order valence-corrected chi connectivity index (χ2v) is 5.37. The number of nitrogens with one attached hydrogen (secondary N) is 2. The van der Waals surface area contributed by atoms with Gasteiger partial charge in [0.15, 0.2) is 0 Å². The standard InChI is InChI=1S/C17H13F3N4O3/c1-10-21-15(24-27-10)11-2-4-12(5-3-11)22-16(25)23-13-6-8-14(9-7-13)26-17(18,19)20/h2-9H,1H3,(H2,22,23,25). The van der Waals surface area contributed by atoms with E-state index in [1.807, 2.05) is 0 Å². The van der Waals surface area contributed by atoms with Gasteiger partial charge >= 0.3 is 12.4 Å². The zero-order valence-electron chi connectivity index (χ0n) is 13.9. The third-order valence-electron chi connectivity index (χ3n) is 3.27. The normalized spacial score (nSPS) is 11.1. The van der Waals surface area contributed by atoms with E-state index in [1.54, 1.807) is 31.2 Å². The third kappa shape index (κ3) is 5.21. The van der Waals surface area contributed by atoms with Crippen molar-refractivity contribution in [3.05, 3.63) is 54.4 Å². The molecule has 0 unspecified atom stereocenters. The quantitative estimate of drug-likeness (QED) is 0.693. The zero-order valence-corrected chi connectivity index (χ0v) is 13.9. The number of benzene rings is 2. The molecule has 1 heterocycles. The Bertz CT molecular complexity index is 922. The predicted octanol–water partition coefficient (Wildman–Crippen LogP) is 4.59. The number of urea groups is 1. The molecule has 2 N–H and O–H groups in total. The van der Waals surface area contributed by atoms with Crippen LogP contribution in [0.1, 0.15) is 5.89 Å². The van der Waals surface area contributed by atoms with Crippen molar-refractivity contribution in [3.8, 4) is 17.1 Å². The van der Waals surface area contributed by atoms with Gasteiger partial charge in [0, 0.05) is 23.9 Å². The Morgan fingerprint density at radius 3 is 2.04 bits per heavy atom. The minimum atomic E-state index is -4.77. The van der Waals surface area contributed by atoms with Crippen molar-refractivity contribution in [2.24, 2.45) is 0 Å². The summed E-state index contributed by atoms with van der Waals surface area (Å²) in [6.07, 6.45) is -4.77. The number of hydrogen-bond donors (Lipinski definition) is 2. The van der Waals surface area contributed by atoms with Gasteiger partial charge in [0.25, 0.3) is 0 Å². The molecule has 27 heavy (non-hydrogen) atoms. The van der Waals surface area contributed by atoms with Gasteiger partial charge in [0.1, 0.15) is 5.75 Å². The van der Waals surface area contributed by atoms with Crippen LogP contribution in [0.15, 0.2) is 53.1 Å². The maximum absolute atomic E-state index is 12.1. The van der Waals surface area contributed by atoms with E-state index >= 15 is 0 Å². The number of amides is 2. The van der Waals surface area contributed by atoms with Gasteiger partial charge in [-0.1, -0.05) is 5.16 Å². The molecular formula is C17H13F3N4O3. The predicted molar refractivity (Wildman–Crippen MR) is 90.2 cm³/mol. The minimum absolute atomic E-state index is 0.306. The van der Waals surface area contributed by atoms with Crippen LogP contribution in [0.3, 0.4) is 0 Å². The largest absolute Gasteiger partial charge is 0.573 e. The fraction of sp³-hybridized carbons (Fsp3) is 0.118. The minimum Gasteiger partial charge on any atom is -0.406 e. The highest BCUT2D eigenvalue weighted by atomic mass is 19.4. The first-order chi connectivity index (χ1) is 12.8. The number of nitrogens with zero attached hydrogens (tertiary/aromatic N) is 2. The topological polar surface area (TPSA) is 89.3 Å². The molecule has 0 bridgehead atoms. The summed E-state index contributed by atoms with van der Waals surface area (Å²) in [4.78, 5) is 16.1. The van der Waals surface area contributed by atoms with Crippen LogP contribution in [-0.2, 0) is 0 Å². The summed E-state index contributed by atoms with van der Waals surface area (Å²) in [7, 11) is 0. The molecule has 0 fully saturated rings. The number of anilines is 2. The van der Waals surface area contributed by atoms with Crippen molar-refractivity contribution in [1.29, 1.82) is 0 Å². The van der Waals surface area contributed by atoms with Crippen molar-refractivity contribution in [2.45, 2.75) is 13.3 Å². The lowest BCUT2D eigenvalue weighted by Crippen LogP contribution is -2.19. The van der Waals surface area contributed by atoms with Gasteiger partial charge in [-0.2, -0.15) is 4.98 Å². The van der Waals surface area contributed by atoms with Crippen molar-refractivity contribution in [3.63, 3.8) is 0 Å². The molecule has 0 aliphatic carbocycles. The van der Waals surface area contributed by atoms with Crippen molar-refractivity contribution in [2.75, 3.05) is 10.6 Å². The molecule has 0 radical (unpaired) electrons. The molecule has 3 aromatic rings. The lowest BCUT2D eigenvalue weighted by molar-refractivity contribution is -0.274. The average Bonchev–Trinajstić information content (AvgIpc) is 3.02. The molecule has 140 valence electrons. The van der Waals surface area contributed by atoms with Crippen LogP contribution < -0.4 is 15.4 Å². The van der Waals surface area contributed by atoms with Gasteiger partial charge in [0.2, 0.25) is 11.7 Å². The second kappa shape index (κ2) is 7.36. The molecule has 2 amide bonds. The van der Waals surface area contributed by atoms with Crippen LogP contribution in [0.2, 0.25) is 0 Å². The van der Waals surface area contributed by atoms with Crippen molar-refractivity contribution >= 4 is 17.4 Å². The van der Waals surface area contributed by atoms with Crippen molar-refractivity contribution in [1.82, 2.24) is 10.1 Å². The number of aromatic nitrogens is 2. The van der Waals surface area contributed by atoms with Crippen LogP contribution in [0, 0.1) is 6.92 Å². The van der Waals surface area contributed by atoms with Gasteiger partial charge in [0.05, 0.1) is 0 Å². The maximum atomic E-state index is 12.1. The number of ether oxygens (including phenoxy) is 1. The molecule has 0 saturated heterocycles. The lowest BCUT2D eigenvalue weighted by Gasteiger charge is -2.10. The highest BCUT2D eigenvalue weighted by Crippen LogP contribution is 2.24. The number of halogens is 3. The summed E-state index contributed by atoms with van der Waals surface area (Å²) < 4.78 is 45.0. The molecule has 0 spiro atoms. The summed E-state index contributed by atoms with van der Waals surface area (Å²) in [5, 5.41) is 8.90. The van der Waals surface area contributed by atoms with Crippen LogP contribution in [0.4, 0.5) is 29.3 Å². The number of carbonyl (C=O) groups excluding carboxylic acids is 1. The summed E-state index contributed by atoms with van der Waals surface area (Å²) in [6.45, 7) is 1.68. The Kier molecular flexibility index (Phi) is 4.97. The molecule has 0 saturated carbocycles. The van der Waals surface area contributed by atoms with Gasteiger partial charge in [-0.25, -0.2) is 4.79 Å². The lowest BCUT2D eigenvalue weighted by atomic mass is 10.2. The second-order valence-electron chi connectivity index (χ2n) is 5.37. The molecule has 3 rings (SSSR count). The maximum Gasteiger partial charge on any atom is 0.573 e. The number of alkyl halides is 3. The number of aryl methyl sites for hydroxylation is 1. The summed E-state index contributed by atoms with van der Waals surface area (Å²) in [5.74, 6) is 0.503. The van der Waals surface area contributed by atoms with Gasteiger partial charge < -0.3 is 19.9 Å². The number of carbonyl (C=O) groups is 1. The highest BCUT2D eigenvalue weighted by molar-refractivity contribution is 5.99. The summed E-state index contributed by atoms with van der Waals surface area (Å²) in [5.41, 5.74) is 1.53. The Morgan fingerprint density at radius 1 is 1.00 bits per heavy atom. The summed E-state index contributed by atoms with van der Waals surface area (Å²) in [6, 6.07) is 11.0. The van der Waals surface area contributed by atoms with Crippen LogP contribution in [0.5, 0.6) is 5.75 Å². The third-order valence-corrected chi connectivity index (χ3v) is 3.27. The van der Waals surface area contributed by atoms with E-state index < -0.39 is 12.4 Å². The van der Waals surface area contributed by atoms with E-state index in [1.165, 1.54) is 12.1 Å². The summed E-state index contributed by atoms with van der Waals surface area (Å²) >= 11 is 0. The Morgan fingerprint density at radius 2 is 1.56 bits per heavy atom. The zero-order chi connectivity index (χ0) is 19.4. The molecule has 2 aromatic carbocycles. The molecule has 0 aliphatic rings. The van der Waals surface area contributed by atoms with E-state index in [2.05, 4.69) is 25.5 Å². The molecule has 0 aliphatic heterocycles. The van der Waals surface area contributed by atoms with Crippen LogP contribution in [-0.4, -0.2) is 22.5 Å².